The standard InChI is InChI=1S/C16H14Cl2F2N2O3/c17-9-5-11(19)7(3-13(9)21)15(23)1-2-16(24)8-4-14(22-25)10(18)6-12(8)20/h3-6,15-16,23-24H,1-2,21H2/t15-,16+/m0/s1. The van der Waals surface area contributed by atoms with Crippen molar-refractivity contribution in [3.05, 3.63) is 62.0 Å². The first-order chi connectivity index (χ1) is 11.7. The normalized spacial score (nSPS) is 13.5. The van der Waals surface area contributed by atoms with Crippen LogP contribution in [0.5, 0.6) is 0 Å². The van der Waals surface area contributed by atoms with Gasteiger partial charge in [-0.2, -0.15) is 0 Å². The van der Waals surface area contributed by atoms with Crippen LogP contribution in [0.2, 0.25) is 10.0 Å². The molecule has 2 rings (SSSR count). The van der Waals surface area contributed by atoms with Gasteiger partial charge in [0.05, 0.1) is 27.9 Å². The summed E-state index contributed by atoms with van der Waals surface area (Å²) in [5, 5.41) is 22.7. The van der Waals surface area contributed by atoms with Crippen LogP contribution in [0.15, 0.2) is 29.4 Å². The topological polar surface area (TPSA) is 95.9 Å². The zero-order valence-corrected chi connectivity index (χ0v) is 14.2. The van der Waals surface area contributed by atoms with Crippen molar-refractivity contribution in [1.29, 1.82) is 0 Å². The third kappa shape index (κ3) is 4.43. The number of halogens is 4. The average Bonchev–Trinajstić information content (AvgIpc) is 2.55. The predicted octanol–water partition coefficient (Wildman–Crippen LogP) is 4.80. The third-order valence-corrected chi connectivity index (χ3v) is 4.34. The van der Waals surface area contributed by atoms with E-state index in [0.29, 0.717) is 0 Å². The highest BCUT2D eigenvalue weighted by molar-refractivity contribution is 6.33. The Balaban J connectivity index is 2.13. The Morgan fingerprint density at radius 2 is 1.44 bits per heavy atom. The number of rotatable bonds is 6. The molecule has 0 bridgehead atoms. The van der Waals surface area contributed by atoms with Gasteiger partial charge >= 0.3 is 0 Å². The molecule has 2 aromatic rings. The number of nitrogens with two attached hydrogens (primary N) is 1. The summed E-state index contributed by atoms with van der Waals surface area (Å²) in [6.07, 6.45) is -2.83. The van der Waals surface area contributed by atoms with E-state index < -0.39 is 23.8 Å². The molecule has 4 N–H and O–H groups in total. The van der Waals surface area contributed by atoms with E-state index in [1.807, 2.05) is 0 Å². The second kappa shape index (κ2) is 8.05. The lowest BCUT2D eigenvalue weighted by molar-refractivity contribution is 0.111. The summed E-state index contributed by atoms with van der Waals surface area (Å²) < 4.78 is 27.7. The van der Waals surface area contributed by atoms with E-state index in [2.05, 4.69) is 5.18 Å². The monoisotopic (exact) mass is 390 g/mol. The van der Waals surface area contributed by atoms with E-state index in [1.165, 1.54) is 6.07 Å². The second-order valence-corrected chi connectivity index (χ2v) is 6.23. The Hall–Kier alpha value is -1.80. The molecule has 25 heavy (non-hydrogen) atoms. The molecule has 0 spiro atoms. The first kappa shape index (κ1) is 19.5. The van der Waals surface area contributed by atoms with Crippen LogP contribution in [0.4, 0.5) is 20.2 Å². The van der Waals surface area contributed by atoms with E-state index in [-0.39, 0.29) is 45.4 Å². The molecule has 0 aliphatic rings. The highest BCUT2D eigenvalue weighted by Gasteiger charge is 2.20. The molecular formula is C16H14Cl2F2N2O3. The zero-order chi connectivity index (χ0) is 18.7. The minimum absolute atomic E-state index is 0.0191. The summed E-state index contributed by atoms with van der Waals surface area (Å²) in [5.74, 6) is -1.56. The van der Waals surface area contributed by atoms with Crippen molar-refractivity contribution >= 4 is 34.6 Å². The van der Waals surface area contributed by atoms with Crippen LogP contribution >= 0.6 is 23.2 Å². The average molecular weight is 391 g/mol. The Kier molecular flexibility index (Phi) is 6.29. The van der Waals surface area contributed by atoms with Crippen LogP contribution in [0, 0.1) is 16.5 Å². The van der Waals surface area contributed by atoms with Crippen molar-refractivity contribution in [2.75, 3.05) is 5.73 Å². The van der Waals surface area contributed by atoms with Gasteiger partial charge in [0.1, 0.15) is 17.3 Å². The maximum Gasteiger partial charge on any atom is 0.130 e. The van der Waals surface area contributed by atoms with Gasteiger partial charge in [-0.3, -0.25) is 0 Å². The Morgan fingerprint density at radius 1 is 0.960 bits per heavy atom. The number of hydrogen-bond acceptors (Lipinski definition) is 5. The molecule has 2 atom stereocenters. The number of aliphatic hydroxyl groups excluding tert-OH is 2. The molecule has 0 saturated heterocycles. The van der Waals surface area contributed by atoms with Gasteiger partial charge in [0.25, 0.3) is 0 Å². The van der Waals surface area contributed by atoms with Crippen LogP contribution < -0.4 is 5.73 Å². The summed E-state index contributed by atoms with van der Waals surface area (Å²) >= 11 is 11.3. The van der Waals surface area contributed by atoms with E-state index in [1.54, 1.807) is 0 Å². The molecule has 134 valence electrons. The third-order valence-electron chi connectivity index (χ3n) is 3.71. The van der Waals surface area contributed by atoms with Gasteiger partial charge in [-0.05, 0) is 42.3 Å². The van der Waals surface area contributed by atoms with Crippen molar-refractivity contribution in [1.82, 2.24) is 0 Å². The molecule has 0 aliphatic heterocycles. The second-order valence-electron chi connectivity index (χ2n) is 5.42. The minimum Gasteiger partial charge on any atom is -0.398 e. The lowest BCUT2D eigenvalue weighted by Crippen LogP contribution is -2.07. The zero-order valence-electron chi connectivity index (χ0n) is 12.7. The molecule has 0 saturated carbocycles. The van der Waals surface area contributed by atoms with Crippen molar-refractivity contribution in [3.8, 4) is 0 Å². The summed E-state index contributed by atoms with van der Waals surface area (Å²) in [5.41, 5.74) is 5.19. The molecule has 2 aromatic carbocycles. The molecule has 0 amide bonds. The van der Waals surface area contributed by atoms with Gasteiger partial charge < -0.3 is 15.9 Å². The molecule has 0 fully saturated rings. The first-order valence-electron chi connectivity index (χ1n) is 7.17. The lowest BCUT2D eigenvalue weighted by atomic mass is 9.98. The van der Waals surface area contributed by atoms with Crippen LogP contribution in [-0.4, -0.2) is 10.2 Å². The molecule has 0 heterocycles. The number of nitrogens with zero attached hydrogens (tertiary/aromatic N) is 1. The fourth-order valence-corrected chi connectivity index (χ4v) is 2.68. The SMILES string of the molecule is Nc1cc([C@@H](O)CC[C@@H](O)c2cc(N=O)c(Cl)cc2F)c(F)cc1Cl. The van der Waals surface area contributed by atoms with Crippen molar-refractivity contribution in [2.45, 2.75) is 25.0 Å². The molecule has 5 nitrogen and oxygen atoms in total. The lowest BCUT2D eigenvalue weighted by Gasteiger charge is -2.17. The predicted molar refractivity (Wildman–Crippen MR) is 91.8 cm³/mol. The van der Waals surface area contributed by atoms with Gasteiger partial charge in [-0.15, -0.1) is 4.91 Å². The van der Waals surface area contributed by atoms with Crippen LogP contribution in [0.25, 0.3) is 0 Å². The molecule has 0 aliphatic carbocycles. The molecule has 0 aromatic heterocycles. The Bertz CT molecular complexity index is 805. The first-order valence-corrected chi connectivity index (χ1v) is 7.93. The molecular weight excluding hydrogens is 377 g/mol. The number of nitrogen functional groups attached to an aromatic ring is 1. The number of nitroso groups, excluding NO2 is 1. The molecule has 0 unspecified atom stereocenters. The van der Waals surface area contributed by atoms with Gasteiger partial charge in [-0.1, -0.05) is 23.2 Å². The van der Waals surface area contributed by atoms with Gasteiger partial charge in [0.15, 0.2) is 0 Å². The quantitative estimate of drug-likeness (QED) is 0.487. The number of anilines is 1. The number of hydrogen-bond donors (Lipinski definition) is 3. The maximum absolute atomic E-state index is 13.9. The highest BCUT2D eigenvalue weighted by atomic mass is 35.5. The van der Waals surface area contributed by atoms with E-state index in [9.17, 15) is 23.9 Å². The Labute approximate surface area is 152 Å². The fraction of sp³-hybridized carbons (Fsp3) is 0.250. The fourth-order valence-electron chi connectivity index (χ4n) is 2.34. The maximum atomic E-state index is 13.9. The van der Waals surface area contributed by atoms with Crippen LogP contribution in [0.1, 0.15) is 36.2 Å². The number of benzene rings is 2. The highest BCUT2D eigenvalue weighted by Crippen LogP contribution is 2.34. The summed E-state index contributed by atoms with van der Waals surface area (Å²) in [7, 11) is 0. The van der Waals surface area contributed by atoms with Gasteiger partial charge in [0.2, 0.25) is 0 Å². The minimum atomic E-state index is -1.35. The van der Waals surface area contributed by atoms with Crippen molar-refractivity contribution in [2.24, 2.45) is 5.18 Å². The van der Waals surface area contributed by atoms with Gasteiger partial charge in [-0.25, -0.2) is 8.78 Å². The molecule has 9 heteroatoms. The summed E-state index contributed by atoms with van der Waals surface area (Å²) in [4.78, 5) is 10.6. The van der Waals surface area contributed by atoms with Crippen molar-refractivity contribution in [3.63, 3.8) is 0 Å². The van der Waals surface area contributed by atoms with Gasteiger partial charge in [0, 0.05) is 11.1 Å². The van der Waals surface area contributed by atoms with Crippen molar-refractivity contribution < 1.29 is 19.0 Å². The summed E-state index contributed by atoms with van der Waals surface area (Å²) in [6.45, 7) is 0. The number of aliphatic hydroxyl groups is 2. The van der Waals surface area contributed by atoms with Crippen LogP contribution in [-0.2, 0) is 0 Å². The molecule has 0 radical (unpaired) electrons. The Morgan fingerprint density at radius 3 is 1.96 bits per heavy atom. The van der Waals surface area contributed by atoms with E-state index in [4.69, 9.17) is 28.9 Å². The van der Waals surface area contributed by atoms with Crippen LogP contribution in [0.3, 0.4) is 0 Å². The smallest absolute Gasteiger partial charge is 0.130 e. The van der Waals surface area contributed by atoms with E-state index >= 15 is 0 Å². The van der Waals surface area contributed by atoms with E-state index in [0.717, 1.165) is 18.2 Å². The summed E-state index contributed by atoms with van der Waals surface area (Å²) in [6, 6.07) is 4.08. The largest absolute Gasteiger partial charge is 0.398 e.